The van der Waals surface area contributed by atoms with Gasteiger partial charge in [-0.3, -0.25) is 0 Å². The number of allylic oxidation sites excluding steroid dienone is 5. The minimum Gasteiger partial charge on any atom is -0.455 e. The van der Waals surface area contributed by atoms with Crippen molar-refractivity contribution in [3.8, 4) is 22.3 Å². The quantitative estimate of drug-likeness (QED) is 0.122. The highest BCUT2D eigenvalue weighted by Crippen LogP contribution is 2.63. The summed E-state index contributed by atoms with van der Waals surface area (Å²) >= 11 is 0. The molecule has 1 heterocycles. The van der Waals surface area contributed by atoms with E-state index in [1.54, 1.807) is 0 Å². The van der Waals surface area contributed by atoms with Crippen molar-refractivity contribution in [3.05, 3.63) is 265 Å². The van der Waals surface area contributed by atoms with Crippen LogP contribution < -0.4 is 4.90 Å². The van der Waals surface area contributed by atoms with Gasteiger partial charge in [0.15, 0.2) is 0 Å². The lowest BCUT2D eigenvalue weighted by atomic mass is 9.69. The number of hydrogen-bond acceptors (Lipinski definition) is 2. The number of rotatable bonds is 6. The Morgan fingerprint density at radius 3 is 1.74 bits per heavy atom. The SMILES string of the molecule is C=C/C=C\C1=C(C)c2ccccc2C12c1ccccc1-c1ccc(N(c3ccc(-c4ccc5oc6c7ccccc7ccc6c5c4)cc3)c3ccc4c5ccccc5c5ccccc5c4c3)cc12. The predicted octanol–water partition coefficient (Wildman–Crippen LogP) is 18.2. The third-order valence-corrected chi connectivity index (χ3v) is 15.0. The summed E-state index contributed by atoms with van der Waals surface area (Å²) in [6, 6.07) is 78.4. The van der Waals surface area contributed by atoms with Crippen LogP contribution in [0.2, 0.25) is 0 Å². The molecule has 12 aromatic rings. The molecular weight excluding hydrogens is 823 g/mol. The number of nitrogens with zero attached hydrogens (tertiary/aromatic N) is 1. The van der Waals surface area contributed by atoms with E-state index in [4.69, 9.17) is 4.42 Å². The van der Waals surface area contributed by atoms with Crippen molar-refractivity contribution in [1.82, 2.24) is 0 Å². The van der Waals surface area contributed by atoms with Crippen LogP contribution in [0, 0.1) is 0 Å². The summed E-state index contributed by atoms with van der Waals surface area (Å²) in [7, 11) is 0. The molecule has 11 aromatic carbocycles. The van der Waals surface area contributed by atoms with E-state index in [1.165, 1.54) is 82.2 Å². The second kappa shape index (κ2) is 14.6. The summed E-state index contributed by atoms with van der Waals surface area (Å²) in [6.45, 7) is 6.38. The Morgan fingerprint density at radius 2 is 0.985 bits per heavy atom. The summed E-state index contributed by atoms with van der Waals surface area (Å²) in [4.78, 5) is 2.46. The number of anilines is 3. The number of furan rings is 1. The maximum absolute atomic E-state index is 6.51. The van der Waals surface area contributed by atoms with Crippen molar-refractivity contribution in [2.75, 3.05) is 4.90 Å². The third-order valence-electron chi connectivity index (χ3n) is 15.0. The molecule has 1 atom stereocenters. The number of benzene rings is 11. The second-order valence-corrected chi connectivity index (χ2v) is 18.4. The Bertz CT molecular complexity index is 4150. The first-order valence-electron chi connectivity index (χ1n) is 23.5. The molecule has 0 fully saturated rings. The van der Waals surface area contributed by atoms with Gasteiger partial charge in [-0.2, -0.15) is 0 Å². The summed E-state index contributed by atoms with van der Waals surface area (Å²) in [6.07, 6.45) is 6.29. The molecular formula is C66H43NO. The van der Waals surface area contributed by atoms with Crippen molar-refractivity contribution in [2.24, 2.45) is 0 Å². The smallest absolute Gasteiger partial charge is 0.143 e. The summed E-state index contributed by atoms with van der Waals surface area (Å²) in [5, 5.41) is 12.1. The van der Waals surface area contributed by atoms with Gasteiger partial charge in [0.1, 0.15) is 11.2 Å². The van der Waals surface area contributed by atoms with Crippen molar-refractivity contribution in [3.63, 3.8) is 0 Å². The summed E-state index contributed by atoms with van der Waals surface area (Å²) in [5.74, 6) is 0. The van der Waals surface area contributed by atoms with E-state index in [0.717, 1.165) is 55.5 Å². The average molecular weight is 866 g/mol. The zero-order valence-corrected chi connectivity index (χ0v) is 37.5. The Kier molecular flexibility index (Phi) is 8.30. The van der Waals surface area contributed by atoms with E-state index in [0.29, 0.717) is 0 Å². The molecule has 1 unspecified atom stereocenters. The van der Waals surface area contributed by atoms with Crippen LogP contribution in [0.15, 0.2) is 247 Å². The van der Waals surface area contributed by atoms with E-state index in [-0.39, 0.29) is 0 Å². The van der Waals surface area contributed by atoms with Crippen molar-refractivity contribution in [2.45, 2.75) is 12.3 Å². The van der Waals surface area contributed by atoms with E-state index < -0.39 is 5.41 Å². The molecule has 0 saturated heterocycles. The molecule has 68 heavy (non-hydrogen) atoms. The van der Waals surface area contributed by atoms with E-state index in [1.807, 2.05) is 6.08 Å². The fraction of sp³-hybridized carbons (Fsp3) is 0.0303. The van der Waals surface area contributed by atoms with Crippen molar-refractivity contribution >= 4 is 87.7 Å². The maximum atomic E-state index is 6.51. The van der Waals surface area contributed by atoms with Crippen LogP contribution in [0.1, 0.15) is 29.2 Å². The molecule has 0 amide bonds. The molecule has 2 aliphatic carbocycles. The molecule has 0 N–H and O–H groups in total. The van der Waals surface area contributed by atoms with Crippen LogP contribution >= 0.6 is 0 Å². The first-order chi connectivity index (χ1) is 33.6. The summed E-state index contributed by atoms with van der Waals surface area (Å²) in [5.41, 5.74) is 17.2. The normalized spacial score (nSPS) is 15.1. The molecule has 0 radical (unpaired) electrons. The van der Waals surface area contributed by atoms with Crippen molar-refractivity contribution in [1.29, 1.82) is 0 Å². The highest BCUT2D eigenvalue weighted by atomic mass is 16.3. The molecule has 14 rings (SSSR count). The average Bonchev–Trinajstić information content (AvgIpc) is 4.01. The minimum absolute atomic E-state index is 0.502. The zero-order chi connectivity index (χ0) is 45.1. The van der Waals surface area contributed by atoms with Gasteiger partial charge in [0.05, 0.1) is 5.41 Å². The van der Waals surface area contributed by atoms with E-state index in [9.17, 15) is 0 Å². The van der Waals surface area contributed by atoms with Gasteiger partial charge < -0.3 is 9.32 Å². The lowest BCUT2D eigenvalue weighted by Gasteiger charge is -2.33. The fourth-order valence-corrected chi connectivity index (χ4v) is 12.1. The molecule has 1 spiro atoms. The van der Waals surface area contributed by atoms with Gasteiger partial charge in [0.25, 0.3) is 0 Å². The van der Waals surface area contributed by atoms with Crippen LogP contribution in [-0.4, -0.2) is 0 Å². The molecule has 318 valence electrons. The van der Waals surface area contributed by atoms with Gasteiger partial charge in [-0.15, -0.1) is 0 Å². The Labute approximate surface area is 394 Å². The Hall–Kier alpha value is -8.72. The largest absolute Gasteiger partial charge is 0.455 e. The molecule has 1 aromatic heterocycles. The van der Waals surface area contributed by atoms with Crippen LogP contribution in [-0.2, 0) is 5.41 Å². The molecule has 0 saturated carbocycles. The van der Waals surface area contributed by atoms with Gasteiger partial charge in [0, 0.05) is 33.2 Å². The standard InChI is InChI=1S/C66H43NO/c1-3-4-23-60-41(2)48-16-11-13-24-61(48)66(60)62-25-14-12-22-55(62)56-36-33-47(40-63(56)66)67(46-32-35-54-52-20-8-7-18-50(52)51-19-9-10-21-53(51)58(54)39-46)45-30-26-42(27-31-45)44-29-37-64-59(38-44)57-34-28-43-15-5-6-17-49(43)65(57)68-64/h3-40H,1H2,2H3/b23-4-. The van der Waals surface area contributed by atoms with Crippen LogP contribution in [0.3, 0.4) is 0 Å². The van der Waals surface area contributed by atoms with E-state index in [2.05, 4.69) is 243 Å². The lowest BCUT2D eigenvalue weighted by Crippen LogP contribution is -2.27. The topological polar surface area (TPSA) is 16.4 Å². The van der Waals surface area contributed by atoms with Crippen molar-refractivity contribution < 1.29 is 4.42 Å². The maximum Gasteiger partial charge on any atom is 0.143 e. The molecule has 0 aliphatic heterocycles. The number of fused-ring (bicyclic) bond motifs is 18. The van der Waals surface area contributed by atoms with Gasteiger partial charge in [-0.05, 0) is 155 Å². The van der Waals surface area contributed by atoms with Gasteiger partial charge in [0.2, 0.25) is 0 Å². The van der Waals surface area contributed by atoms with Gasteiger partial charge in [-0.1, -0.05) is 183 Å². The second-order valence-electron chi connectivity index (χ2n) is 18.4. The molecule has 2 heteroatoms. The highest BCUT2D eigenvalue weighted by Gasteiger charge is 2.51. The molecule has 2 aliphatic rings. The van der Waals surface area contributed by atoms with Crippen LogP contribution in [0.4, 0.5) is 17.1 Å². The fourth-order valence-electron chi connectivity index (χ4n) is 12.1. The number of hydrogen-bond donors (Lipinski definition) is 0. The predicted molar refractivity (Wildman–Crippen MR) is 288 cm³/mol. The first kappa shape index (κ1) is 38.5. The zero-order valence-electron chi connectivity index (χ0n) is 37.5. The van der Waals surface area contributed by atoms with Gasteiger partial charge >= 0.3 is 0 Å². The van der Waals surface area contributed by atoms with Crippen LogP contribution in [0.5, 0.6) is 0 Å². The summed E-state index contributed by atoms with van der Waals surface area (Å²) < 4.78 is 6.51. The monoisotopic (exact) mass is 865 g/mol. The Morgan fingerprint density at radius 1 is 0.426 bits per heavy atom. The third kappa shape index (κ3) is 5.34. The molecule has 2 nitrogen and oxygen atoms in total. The lowest BCUT2D eigenvalue weighted by molar-refractivity contribution is 0.672. The first-order valence-corrected chi connectivity index (χ1v) is 23.5. The molecule has 0 bridgehead atoms. The van der Waals surface area contributed by atoms with E-state index >= 15 is 0 Å². The van der Waals surface area contributed by atoms with Gasteiger partial charge in [-0.25, -0.2) is 0 Å². The highest BCUT2D eigenvalue weighted by molar-refractivity contribution is 6.26. The minimum atomic E-state index is -0.502. The Balaban J connectivity index is 0.982. The van der Waals surface area contributed by atoms with Crippen LogP contribution in [0.25, 0.3) is 92.9 Å².